The number of hydrogen-bond donors (Lipinski definition) is 2. The van der Waals surface area contributed by atoms with Gasteiger partial charge in [-0.05, 0) is 32.1 Å². The minimum Gasteiger partial charge on any atom is -0.392 e. The van der Waals surface area contributed by atoms with Crippen molar-refractivity contribution < 1.29 is 9.53 Å². The molecule has 2 heterocycles. The van der Waals surface area contributed by atoms with Gasteiger partial charge in [0.05, 0.1) is 28.7 Å². The van der Waals surface area contributed by atoms with Crippen molar-refractivity contribution in [3.8, 4) is 0 Å². The predicted octanol–water partition coefficient (Wildman–Crippen LogP) is 2.05. The van der Waals surface area contributed by atoms with E-state index in [-0.39, 0.29) is 18.1 Å². The first-order valence-electron chi connectivity index (χ1n) is 7.88. The van der Waals surface area contributed by atoms with Crippen molar-refractivity contribution in [3.05, 3.63) is 0 Å². The van der Waals surface area contributed by atoms with Gasteiger partial charge in [-0.3, -0.25) is 4.79 Å². The molecule has 112 valence electrons. The van der Waals surface area contributed by atoms with Crippen LogP contribution in [0.2, 0.25) is 0 Å². The number of fused-ring (bicyclic) bond motifs is 2. The van der Waals surface area contributed by atoms with Gasteiger partial charge in [-0.2, -0.15) is 0 Å². The molecule has 0 aromatic carbocycles. The van der Waals surface area contributed by atoms with E-state index < -0.39 is 5.41 Å². The smallest absolute Gasteiger partial charge is 0.233 e. The fraction of sp³-hybridized carbons (Fsp3) is 0.867. The lowest BCUT2D eigenvalue weighted by Crippen LogP contribution is -2.53. The van der Waals surface area contributed by atoms with Gasteiger partial charge in [-0.15, -0.1) is 0 Å². The van der Waals surface area contributed by atoms with Gasteiger partial charge in [0.15, 0.2) is 0 Å². The number of nitrogens with two attached hydrogens (primary N) is 1. The molecule has 5 heteroatoms. The van der Waals surface area contributed by atoms with Gasteiger partial charge in [0.25, 0.3) is 0 Å². The number of carbonyl (C=O) groups is 1. The maximum atomic E-state index is 12.8. The zero-order chi connectivity index (χ0) is 14.2. The van der Waals surface area contributed by atoms with E-state index in [1.807, 2.05) is 0 Å². The second kappa shape index (κ2) is 5.60. The molecule has 3 N–H and O–H groups in total. The van der Waals surface area contributed by atoms with Gasteiger partial charge in [-0.25, -0.2) is 0 Å². The molecule has 0 radical (unpaired) electrons. The van der Waals surface area contributed by atoms with Crippen molar-refractivity contribution in [3.63, 3.8) is 0 Å². The van der Waals surface area contributed by atoms with Gasteiger partial charge in [0.2, 0.25) is 5.91 Å². The molecule has 3 atom stereocenters. The first-order valence-corrected chi connectivity index (χ1v) is 8.29. The molecule has 2 aliphatic heterocycles. The fourth-order valence-electron chi connectivity index (χ4n) is 4.01. The Balaban J connectivity index is 1.70. The number of rotatable bonds is 3. The monoisotopic (exact) mass is 296 g/mol. The molecule has 2 saturated heterocycles. The first kappa shape index (κ1) is 14.3. The fourth-order valence-corrected chi connectivity index (χ4v) is 4.31. The first-order chi connectivity index (χ1) is 9.62. The van der Waals surface area contributed by atoms with Gasteiger partial charge >= 0.3 is 0 Å². The molecule has 3 aliphatic rings. The standard InChI is InChI=1S/C15H24N2O2S/c16-13(20)15(7-3-1-2-4-8-15)14(18)17-11-9-10-5-6-12(11)19-10/h10-12H,1-9H2,(H2,16,20)(H,17,18). The third-order valence-corrected chi connectivity index (χ3v) is 5.68. The summed E-state index contributed by atoms with van der Waals surface area (Å²) in [5, 5.41) is 3.20. The lowest BCUT2D eigenvalue weighted by atomic mass is 9.78. The van der Waals surface area contributed by atoms with Gasteiger partial charge < -0.3 is 15.8 Å². The molecule has 2 bridgehead atoms. The molecule has 3 fully saturated rings. The Morgan fingerprint density at radius 3 is 2.40 bits per heavy atom. The summed E-state index contributed by atoms with van der Waals surface area (Å²) in [5.74, 6) is 0.0491. The van der Waals surface area contributed by atoms with Crippen LogP contribution in [0.3, 0.4) is 0 Å². The van der Waals surface area contributed by atoms with Gasteiger partial charge in [-0.1, -0.05) is 37.9 Å². The lowest BCUT2D eigenvalue weighted by molar-refractivity contribution is -0.129. The van der Waals surface area contributed by atoms with E-state index in [1.54, 1.807) is 0 Å². The van der Waals surface area contributed by atoms with Crippen LogP contribution in [-0.2, 0) is 9.53 Å². The van der Waals surface area contributed by atoms with E-state index >= 15 is 0 Å². The summed E-state index contributed by atoms with van der Waals surface area (Å²) in [6, 6.07) is 0.163. The summed E-state index contributed by atoms with van der Waals surface area (Å²) in [7, 11) is 0. The normalized spacial score (nSPS) is 35.5. The Kier molecular flexibility index (Phi) is 4.00. The van der Waals surface area contributed by atoms with Crippen molar-refractivity contribution in [1.82, 2.24) is 5.32 Å². The van der Waals surface area contributed by atoms with E-state index in [1.165, 1.54) is 12.8 Å². The highest BCUT2D eigenvalue weighted by Gasteiger charge is 2.46. The largest absolute Gasteiger partial charge is 0.392 e. The summed E-state index contributed by atoms with van der Waals surface area (Å²) in [5.41, 5.74) is 5.34. The molecule has 0 aromatic rings. The highest BCUT2D eigenvalue weighted by molar-refractivity contribution is 7.80. The highest BCUT2D eigenvalue weighted by atomic mass is 32.1. The zero-order valence-corrected chi connectivity index (χ0v) is 12.7. The average molecular weight is 296 g/mol. The van der Waals surface area contributed by atoms with Crippen molar-refractivity contribution in [2.75, 3.05) is 0 Å². The predicted molar refractivity (Wildman–Crippen MR) is 81.4 cm³/mol. The molecule has 3 rings (SSSR count). The second-order valence-electron chi connectivity index (χ2n) is 6.55. The number of nitrogens with one attached hydrogen (secondary N) is 1. The van der Waals surface area contributed by atoms with Crippen LogP contribution < -0.4 is 11.1 Å². The number of carbonyl (C=O) groups excluding carboxylic acids is 1. The van der Waals surface area contributed by atoms with E-state index in [0.717, 1.165) is 44.9 Å². The third kappa shape index (κ3) is 2.46. The minimum atomic E-state index is -0.617. The molecule has 0 aromatic heterocycles. The quantitative estimate of drug-likeness (QED) is 0.618. The average Bonchev–Trinajstić information content (AvgIpc) is 2.93. The van der Waals surface area contributed by atoms with Crippen LogP contribution in [0.1, 0.15) is 57.8 Å². The SMILES string of the molecule is NC(=S)C1(C(=O)NC2CC3CCC2O3)CCCCCC1. The highest BCUT2D eigenvalue weighted by Crippen LogP contribution is 2.38. The van der Waals surface area contributed by atoms with Crippen molar-refractivity contribution >= 4 is 23.1 Å². The number of ether oxygens (including phenoxy) is 1. The van der Waals surface area contributed by atoms with E-state index in [0.29, 0.717) is 11.1 Å². The zero-order valence-electron chi connectivity index (χ0n) is 11.9. The van der Waals surface area contributed by atoms with E-state index in [2.05, 4.69) is 5.32 Å². The molecule has 1 saturated carbocycles. The minimum absolute atomic E-state index is 0.0491. The molecule has 4 nitrogen and oxygen atoms in total. The summed E-state index contributed by atoms with van der Waals surface area (Å²) in [4.78, 5) is 13.2. The number of amides is 1. The number of hydrogen-bond acceptors (Lipinski definition) is 3. The summed E-state index contributed by atoms with van der Waals surface area (Å²) < 4.78 is 5.81. The van der Waals surface area contributed by atoms with E-state index in [9.17, 15) is 4.79 Å². The Morgan fingerprint density at radius 1 is 1.20 bits per heavy atom. The molecule has 20 heavy (non-hydrogen) atoms. The topological polar surface area (TPSA) is 64.4 Å². The summed E-state index contributed by atoms with van der Waals surface area (Å²) >= 11 is 5.26. The number of thiocarbonyl (C=S) groups is 1. The van der Waals surface area contributed by atoms with Crippen LogP contribution in [0.25, 0.3) is 0 Å². The van der Waals surface area contributed by atoms with Crippen LogP contribution in [0.5, 0.6) is 0 Å². The molecule has 0 spiro atoms. The molecule has 1 amide bonds. The van der Waals surface area contributed by atoms with Crippen LogP contribution in [0.4, 0.5) is 0 Å². The maximum absolute atomic E-state index is 12.8. The molecular weight excluding hydrogens is 272 g/mol. The molecule has 1 aliphatic carbocycles. The molecular formula is C15H24N2O2S. The van der Waals surface area contributed by atoms with Crippen molar-refractivity contribution in [2.45, 2.75) is 76.0 Å². The van der Waals surface area contributed by atoms with Gasteiger partial charge in [0.1, 0.15) is 0 Å². The molecule has 3 unspecified atom stereocenters. The van der Waals surface area contributed by atoms with Gasteiger partial charge in [0, 0.05) is 0 Å². The Hall–Kier alpha value is -0.680. The summed E-state index contributed by atoms with van der Waals surface area (Å²) in [6.45, 7) is 0. The second-order valence-corrected chi connectivity index (χ2v) is 6.99. The van der Waals surface area contributed by atoms with Crippen LogP contribution in [-0.4, -0.2) is 29.1 Å². The third-order valence-electron chi connectivity index (χ3n) is 5.29. The summed E-state index contributed by atoms with van der Waals surface area (Å²) in [6.07, 6.45) is 9.74. The Labute approximate surface area is 125 Å². The maximum Gasteiger partial charge on any atom is 0.233 e. The van der Waals surface area contributed by atoms with E-state index in [4.69, 9.17) is 22.7 Å². The van der Waals surface area contributed by atoms with Crippen molar-refractivity contribution in [1.29, 1.82) is 0 Å². The van der Waals surface area contributed by atoms with Crippen molar-refractivity contribution in [2.24, 2.45) is 11.1 Å². The Bertz CT molecular complexity index is 405. The lowest BCUT2D eigenvalue weighted by Gasteiger charge is -2.32. The van der Waals surface area contributed by atoms with Crippen LogP contribution in [0.15, 0.2) is 0 Å². The van der Waals surface area contributed by atoms with Crippen LogP contribution >= 0.6 is 12.2 Å². The Morgan fingerprint density at radius 2 is 1.90 bits per heavy atom. The van der Waals surface area contributed by atoms with Crippen LogP contribution in [0, 0.1) is 5.41 Å².